The van der Waals surface area contributed by atoms with Crippen LogP contribution in [0, 0.1) is 5.82 Å². The maximum absolute atomic E-state index is 14.3. The SMILES string of the molecule is O=C(O)CCc1ccc(-c2nc(Cc3ccc4c(c3)CCNCC4)cs2)cc1F. The average Bonchev–Trinajstić information content (AvgIpc) is 3.03. The molecule has 4 rings (SSSR count). The minimum Gasteiger partial charge on any atom is -0.481 e. The van der Waals surface area contributed by atoms with Gasteiger partial charge in [0.2, 0.25) is 0 Å². The molecule has 0 spiro atoms. The molecule has 0 amide bonds. The topological polar surface area (TPSA) is 62.2 Å². The summed E-state index contributed by atoms with van der Waals surface area (Å²) in [4.78, 5) is 15.4. The fraction of sp³-hybridized carbons (Fsp3) is 0.304. The Balaban J connectivity index is 1.48. The number of carboxylic acid groups (broad SMARTS) is 1. The molecule has 0 saturated heterocycles. The summed E-state index contributed by atoms with van der Waals surface area (Å²) in [6, 6.07) is 11.6. The zero-order valence-electron chi connectivity index (χ0n) is 16.1. The minimum absolute atomic E-state index is 0.0749. The molecule has 3 aromatic rings. The molecule has 0 atom stereocenters. The van der Waals surface area contributed by atoms with Crippen molar-refractivity contribution in [2.24, 2.45) is 0 Å². The zero-order valence-corrected chi connectivity index (χ0v) is 16.9. The number of fused-ring (bicyclic) bond motifs is 1. The van der Waals surface area contributed by atoms with E-state index in [1.807, 2.05) is 11.4 Å². The van der Waals surface area contributed by atoms with Gasteiger partial charge in [0.15, 0.2) is 0 Å². The van der Waals surface area contributed by atoms with E-state index in [2.05, 4.69) is 23.5 Å². The number of hydrogen-bond donors (Lipinski definition) is 2. The summed E-state index contributed by atoms with van der Waals surface area (Å²) >= 11 is 1.50. The number of carboxylic acids is 1. The number of hydrogen-bond acceptors (Lipinski definition) is 4. The van der Waals surface area contributed by atoms with Gasteiger partial charge in [-0.1, -0.05) is 30.3 Å². The molecule has 4 nitrogen and oxygen atoms in total. The Morgan fingerprint density at radius 1 is 1.14 bits per heavy atom. The number of nitrogens with one attached hydrogen (secondary N) is 1. The maximum Gasteiger partial charge on any atom is 0.303 e. The average molecular weight is 411 g/mol. The minimum atomic E-state index is -0.924. The lowest BCUT2D eigenvalue weighted by molar-refractivity contribution is -0.136. The Labute approximate surface area is 173 Å². The number of rotatable bonds is 6. The molecule has 150 valence electrons. The van der Waals surface area contributed by atoms with Crippen LogP contribution < -0.4 is 5.32 Å². The van der Waals surface area contributed by atoms with Crippen LogP contribution in [0.3, 0.4) is 0 Å². The normalized spacial score (nSPS) is 13.7. The monoisotopic (exact) mass is 410 g/mol. The van der Waals surface area contributed by atoms with Crippen molar-refractivity contribution in [3.05, 3.63) is 75.5 Å². The van der Waals surface area contributed by atoms with Crippen molar-refractivity contribution < 1.29 is 14.3 Å². The van der Waals surface area contributed by atoms with Gasteiger partial charge >= 0.3 is 5.97 Å². The van der Waals surface area contributed by atoms with Crippen LogP contribution in [0.15, 0.2) is 41.8 Å². The molecular weight excluding hydrogens is 387 g/mol. The van der Waals surface area contributed by atoms with Crippen LogP contribution in [-0.4, -0.2) is 29.1 Å². The van der Waals surface area contributed by atoms with Gasteiger partial charge in [-0.05, 0) is 60.7 Å². The van der Waals surface area contributed by atoms with Crippen LogP contribution in [0.2, 0.25) is 0 Å². The summed E-state index contributed by atoms with van der Waals surface area (Å²) in [6.07, 6.45) is 3.01. The van der Waals surface area contributed by atoms with E-state index in [0.717, 1.165) is 48.6 Å². The van der Waals surface area contributed by atoms with Gasteiger partial charge in [-0.2, -0.15) is 0 Å². The third kappa shape index (κ3) is 4.89. The van der Waals surface area contributed by atoms with E-state index in [4.69, 9.17) is 10.1 Å². The van der Waals surface area contributed by atoms with Crippen LogP contribution in [0.1, 0.15) is 34.4 Å². The highest BCUT2D eigenvalue weighted by atomic mass is 32.1. The summed E-state index contributed by atoms with van der Waals surface area (Å²) in [6.45, 7) is 2.05. The lowest BCUT2D eigenvalue weighted by Crippen LogP contribution is -2.16. The van der Waals surface area contributed by atoms with Gasteiger partial charge < -0.3 is 10.4 Å². The Morgan fingerprint density at radius 2 is 1.97 bits per heavy atom. The molecule has 0 aliphatic carbocycles. The first-order chi connectivity index (χ1) is 14.1. The molecule has 0 fully saturated rings. The second kappa shape index (κ2) is 8.84. The molecule has 0 bridgehead atoms. The number of halogens is 1. The lowest BCUT2D eigenvalue weighted by Gasteiger charge is -2.07. The molecule has 1 aliphatic heterocycles. The van der Waals surface area contributed by atoms with Gasteiger partial charge in [0.1, 0.15) is 10.8 Å². The van der Waals surface area contributed by atoms with Crippen molar-refractivity contribution in [3.8, 4) is 10.6 Å². The van der Waals surface area contributed by atoms with Gasteiger partial charge in [0, 0.05) is 23.8 Å². The van der Waals surface area contributed by atoms with Gasteiger partial charge in [-0.3, -0.25) is 4.79 Å². The second-order valence-electron chi connectivity index (χ2n) is 7.37. The quantitative estimate of drug-likeness (QED) is 0.638. The first kappa shape index (κ1) is 19.7. The number of aryl methyl sites for hydroxylation is 1. The van der Waals surface area contributed by atoms with E-state index in [1.54, 1.807) is 6.07 Å². The molecule has 1 aliphatic rings. The number of benzene rings is 2. The smallest absolute Gasteiger partial charge is 0.303 e. The van der Waals surface area contributed by atoms with Crippen LogP contribution in [0.5, 0.6) is 0 Å². The fourth-order valence-corrected chi connectivity index (χ4v) is 4.51. The molecule has 6 heteroatoms. The number of nitrogens with zero attached hydrogens (tertiary/aromatic N) is 1. The molecule has 2 heterocycles. The highest BCUT2D eigenvalue weighted by molar-refractivity contribution is 7.13. The van der Waals surface area contributed by atoms with E-state index in [9.17, 15) is 9.18 Å². The van der Waals surface area contributed by atoms with Gasteiger partial charge in [-0.15, -0.1) is 11.3 Å². The molecule has 0 unspecified atom stereocenters. The summed E-state index contributed by atoms with van der Waals surface area (Å²) in [5, 5.41) is 15.0. The van der Waals surface area contributed by atoms with Crippen LogP contribution in [0.25, 0.3) is 10.6 Å². The number of thiazole rings is 1. The molecular formula is C23H23FN2O2S. The molecule has 2 N–H and O–H groups in total. The van der Waals surface area contributed by atoms with Crippen molar-refractivity contribution in [2.45, 2.75) is 32.1 Å². The van der Waals surface area contributed by atoms with Crippen molar-refractivity contribution in [2.75, 3.05) is 13.1 Å². The summed E-state index contributed by atoms with van der Waals surface area (Å²) in [5.74, 6) is -1.30. The Bertz CT molecular complexity index is 1030. The molecule has 2 aromatic carbocycles. The van der Waals surface area contributed by atoms with Gasteiger partial charge in [0.05, 0.1) is 5.69 Å². The fourth-order valence-electron chi connectivity index (χ4n) is 3.69. The molecule has 0 radical (unpaired) electrons. The zero-order chi connectivity index (χ0) is 20.2. The summed E-state index contributed by atoms with van der Waals surface area (Å²) < 4.78 is 14.3. The van der Waals surface area contributed by atoms with E-state index in [0.29, 0.717) is 5.56 Å². The summed E-state index contributed by atoms with van der Waals surface area (Å²) in [5.41, 5.74) is 6.22. The Hall–Kier alpha value is -2.57. The van der Waals surface area contributed by atoms with E-state index < -0.39 is 5.97 Å². The van der Waals surface area contributed by atoms with E-state index >= 15 is 0 Å². The van der Waals surface area contributed by atoms with Crippen LogP contribution in [-0.2, 0) is 30.5 Å². The first-order valence-corrected chi connectivity index (χ1v) is 10.7. The van der Waals surface area contributed by atoms with Crippen LogP contribution in [0.4, 0.5) is 4.39 Å². The van der Waals surface area contributed by atoms with Crippen molar-refractivity contribution in [1.82, 2.24) is 10.3 Å². The molecule has 29 heavy (non-hydrogen) atoms. The lowest BCUT2D eigenvalue weighted by atomic mass is 9.98. The standard InChI is InChI=1S/C23H23FN2O2S/c24-21-13-19(4-3-17(21)5-6-22(27)28)23-26-20(14-29-23)12-15-1-2-16-7-9-25-10-8-18(16)11-15/h1-4,11,13-14,25H,5-10,12H2,(H,27,28). The molecule has 1 aromatic heterocycles. The summed E-state index contributed by atoms with van der Waals surface area (Å²) in [7, 11) is 0. The van der Waals surface area contributed by atoms with Crippen molar-refractivity contribution >= 4 is 17.3 Å². The Morgan fingerprint density at radius 3 is 2.76 bits per heavy atom. The number of aliphatic carboxylic acids is 1. The number of carbonyl (C=O) groups is 1. The largest absolute Gasteiger partial charge is 0.481 e. The second-order valence-corrected chi connectivity index (χ2v) is 8.23. The first-order valence-electron chi connectivity index (χ1n) is 9.85. The van der Waals surface area contributed by atoms with E-state index in [1.165, 1.54) is 34.1 Å². The third-order valence-electron chi connectivity index (χ3n) is 5.26. The predicted octanol–water partition coefficient (Wildman–Crippen LogP) is 4.25. The van der Waals surface area contributed by atoms with E-state index in [-0.39, 0.29) is 18.7 Å². The molecule has 0 saturated carbocycles. The van der Waals surface area contributed by atoms with Gasteiger partial charge in [0.25, 0.3) is 0 Å². The van der Waals surface area contributed by atoms with Crippen molar-refractivity contribution in [3.63, 3.8) is 0 Å². The highest BCUT2D eigenvalue weighted by Crippen LogP contribution is 2.27. The Kier molecular flexibility index (Phi) is 6.02. The third-order valence-corrected chi connectivity index (χ3v) is 6.20. The van der Waals surface area contributed by atoms with Crippen LogP contribution >= 0.6 is 11.3 Å². The number of aromatic nitrogens is 1. The predicted molar refractivity (Wildman–Crippen MR) is 113 cm³/mol. The van der Waals surface area contributed by atoms with Gasteiger partial charge in [-0.25, -0.2) is 9.37 Å². The highest BCUT2D eigenvalue weighted by Gasteiger charge is 2.12. The maximum atomic E-state index is 14.3. The van der Waals surface area contributed by atoms with Crippen molar-refractivity contribution in [1.29, 1.82) is 0 Å².